The molecule has 1 aromatic carbocycles. The number of alkyl halides is 3. The van der Waals surface area contributed by atoms with E-state index in [0.29, 0.717) is 22.8 Å². The van der Waals surface area contributed by atoms with Gasteiger partial charge in [-0.05, 0) is 36.4 Å². The van der Waals surface area contributed by atoms with Gasteiger partial charge in [-0.15, -0.1) is 0 Å². The Labute approximate surface area is 162 Å². The molecule has 0 radical (unpaired) electrons. The van der Waals surface area contributed by atoms with E-state index in [1.807, 2.05) is 0 Å². The Hall–Kier alpha value is -3.69. The molecule has 7 nitrogen and oxygen atoms in total. The molecule has 4 rings (SSSR count). The third-order valence-corrected chi connectivity index (χ3v) is 4.21. The van der Waals surface area contributed by atoms with Gasteiger partial charge < -0.3 is 9.26 Å². The average Bonchev–Trinajstić information content (AvgIpc) is 3.33. The third-order valence-electron chi connectivity index (χ3n) is 4.21. The smallest absolute Gasteiger partial charge is 0.416 e. The Kier molecular flexibility index (Phi) is 4.75. The van der Waals surface area contributed by atoms with Crippen LogP contribution in [-0.2, 0) is 19.8 Å². The van der Waals surface area contributed by atoms with Crippen molar-refractivity contribution in [3.63, 3.8) is 0 Å². The fraction of sp³-hybridized carbons (Fsp3) is 0.158. The molecule has 0 amide bonds. The van der Waals surface area contributed by atoms with Crippen molar-refractivity contribution in [3.8, 4) is 28.6 Å². The van der Waals surface area contributed by atoms with E-state index < -0.39 is 11.7 Å². The average molecular weight is 401 g/mol. The fourth-order valence-corrected chi connectivity index (χ4v) is 2.66. The molecule has 0 atom stereocenters. The molecule has 10 heteroatoms. The molecule has 0 aliphatic carbocycles. The van der Waals surface area contributed by atoms with Gasteiger partial charge in [0.1, 0.15) is 12.4 Å². The molecule has 0 spiro atoms. The maximum atomic E-state index is 12.7. The van der Waals surface area contributed by atoms with Crippen molar-refractivity contribution < 1.29 is 22.4 Å². The van der Waals surface area contributed by atoms with Crippen LogP contribution in [-0.4, -0.2) is 24.9 Å². The first-order chi connectivity index (χ1) is 13.9. The number of rotatable bonds is 5. The van der Waals surface area contributed by atoms with E-state index in [2.05, 4.69) is 20.2 Å². The van der Waals surface area contributed by atoms with Crippen molar-refractivity contribution in [3.05, 3.63) is 66.2 Å². The van der Waals surface area contributed by atoms with Crippen LogP contribution in [0.4, 0.5) is 13.2 Å². The van der Waals surface area contributed by atoms with Crippen LogP contribution in [0.15, 0.2) is 59.5 Å². The summed E-state index contributed by atoms with van der Waals surface area (Å²) in [7, 11) is 1.72. The normalized spacial score (nSPS) is 11.6. The van der Waals surface area contributed by atoms with Crippen LogP contribution in [0.2, 0.25) is 0 Å². The molecule has 0 fully saturated rings. The van der Waals surface area contributed by atoms with Gasteiger partial charge in [0.2, 0.25) is 5.82 Å². The Bertz CT molecular complexity index is 1110. The molecular weight excluding hydrogens is 387 g/mol. The van der Waals surface area contributed by atoms with Gasteiger partial charge in [0, 0.05) is 25.0 Å². The number of halogens is 3. The zero-order valence-electron chi connectivity index (χ0n) is 15.1. The number of aromatic nitrogens is 5. The summed E-state index contributed by atoms with van der Waals surface area (Å²) >= 11 is 0. The predicted molar refractivity (Wildman–Crippen MR) is 95.5 cm³/mol. The van der Waals surface area contributed by atoms with Crippen LogP contribution in [0.25, 0.3) is 22.8 Å². The Morgan fingerprint density at radius 1 is 1.07 bits per heavy atom. The number of nitrogens with zero attached hydrogens (tertiary/aromatic N) is 5. The largest absolute Gasteiger partial charge is 0.487 e. The quantitative estimate of drug-likeness (QED) is 0.500. The summed E-state index contributed by atoms with van der Waals surface area (Å²) in [6.07, 6.45) is 0.422. The Balaban J connectivity index is 1.53. The molecule has 0 saturated heterocycles. The molecule has 0 aliphatic heterocycles. The van der Waals surface area contributed by atoms with E-state index >= 15 is 0 Å². The van der Waals surface area contributed by atoms with E-state index in [4.69, 9.17) is 9.26 Å². The molecule has 0 saturated carbocycles. The van der Waals surface area contributed by atoms with Gasteiger partial charge in [0.05, 0.1) is 23.0 Å². The van der Waals surface area contributed by atoms with Crippen molar-refractivity contribution in [2.75, 3.05) is 0 Å². The first kappa shape index (κ1) is 18.7. The standard InChI is InChI=1S/C19H14F3N5O2/c1-27-16(11-28-14-4-2-13(3-5-14)19(20,21)22)15(10-24-27)18-25-17(26-29-18)12-6-8-23-9-7-12/h2-10H,11H2,1H3. The van der Waals surface area contributed by atoms with Crippen molar-refractivity contribution in [1.29, 1.82) is 0 Å². The lowest BCUT2D eigenvalue weighted by molar-refractivity contribution is -0.137. The molecule has 3 heterocycles. The van der Waals surface area contributed by atoms with Crippen LogP contribution < -0.4 is 4.74 Å². The summed E-state index contributed by atoms with van der Waals surface area (Å²) in [6.45, 7) is 0.0597. The van der Waals surface area contributed by atoms with E-state index in [-0.39, 0.29) is 12.5 Å². The maximum Gasteiger partial charge on any atom is 0.416 e. The molecule has 0 N–H and O–H groups in total. The number of pyridine rings is 1. The highest BCUT2D eigenvalue weighted by Gasteiger charge is 2.30. The van der Waals surface area contributed by atoms with Crippen LogP contribution in [0.3, 0.4) is 0 Å². The summed E-state index contributed by atoms with van der Waals surface area (Å²) in [6, 6.07) is 8.00. The highest BCUT2D eigenvalue weighted by Crippen LogP contribution is 2.31. The second-order valence-electron chi connectivity index (χ2n) is 6.10. The Morgan fingerprint density at radius 2 is 1.79 bits per heavy atom. The fourth-order valence-electron chi connectivity index (χ4n) is 2.66. The van der Waals surface area contributed by atoms with E-state index in [1.54, 1.807) is 42.5 Å². The summed E-state index contributed by atoms with van der Waals surface area (Å²) in [5.41, 5.74) is 1.23. The van der Waals surface area contributed by atoms with Crippen molar-refractivity contribution in [1.82, 2.24) is 24.9 Å². The minimum atomic E-state index is -4.39. The van der Waals surface area contributed by atoms with E-state index in [1.165, 1.54) is 12.1 Å². The van der Waals surface area contributed by atoms with Crippen molar-refractivity contribution >= 4 is 0 Å². The van der Waals surface area contributed by atoms with Gasteiger partial charge in [0.15, 0.2) is 0 Å². The van der Waals surface area contributed by atoms with Gasteiger partial charge >= 0.3 is 6.18 Å². The lowest BCUT2D eigenvalue weighted by Gasteiger charge is -2.10. The van der Waals surface area contributed by atoms with Crippen molar-refractivity contribution in [2.24, 2.45) is 7.05 Å². The van der Waals surface area contributed by atoms with Gasteiger partial charge in [-0.3, -0.25) is 9.67 Å². The summed E-state index contributed by atoms with van der Waals surface area (Å²) in [5, 5.41) is 8.15. The predicted octanol–water partition coefficient (Wildman–Crippen LogP) is 4.13. The lowest BCUT2D eigenvalue weighted by Crippen LogP contribution is -2.06. The molecule has 0 bridgehead atoms. The van der Waals surface area contributed by atoms with Crippen LogP contribution >= 0.6 is 0 Å². The molecule has 29 heavy (non-hydrogen) atoms. The van der Waals surface area contributed by atoms with E-state index in [9.17, 15) is 13.2 Å². The first-order valence-electron chi connectivity index (χ1n) is 8.47. The van der Waals surface area contributed by atoms with Crippen molar-refractivity contribution in [2.45, 2.75) is 12.8 Å². The van der Waals surface area contributed by atoms with Gasteiger partial charge in [-0.2, -0.15) is 23.3 Å². The molecule has 0 unspecified atom stereocenters. The summed E-state index contributed by atoms with van der Waals surface area (Å²) in [4.78, 5) is 8.33. The topological polar surface area (TPSA) is 78.9 Å². The van der Waals surface area contributed by atoms with Gasteiger partial charge in [0.25, 0.3) is 5.89 Å². The molecule has 0 aliphatic rings. The highest BCUT2D eigenvalue weighted by molar-refractivity contribution is 5.60. The lowest BCUT2D eigenvalue weighted by atomic mass is 10.2. The van der Waals surface area contributed by atoms with Gasteiger partial charge in [-0.1, -0.05) is 5.16 Å². The molecule has 148 valence electrons. The number of hydrogen-bond acceptors (Lipinski definition) is 6. The van der Waals surface area contributed by atoms with Crippen LogP contribution in [0.1, 0.15) is 11.3 Å². The number of benzene rings is 1. The van der Waals surface area contributed by atoms with Gasteiger partial charge in [-0.25, -0.2) is 0 Å². The molecule has 4 aromatic rings. The summed E-state index contributed by atoms with van der Waals surface area (Å²) in [5.74, 6) is 0.963. The second-order valence-corrected chi connectivity index (χ2v) is 6.10. The molecule has 3 aromatic heterocycles. The zero-order valence-corrected chi connectivity index (χ0v) is 15.1. The summed E-state index contributed by atoms with van der Waals surface area (Å²) < 4.78 is 50.6. The highest BCUT2D eigenvalue weighted by atomic mass is 19.4. The maximum absolute atomic E-state index is 12.7. The number of hydrogen-bond donors (Lipinski definition) is 0. The van der Waals surface area contributed by atoms with Crippen LogP contribution in [0, 0.1) is 0 Å². The SMILES string of the molecule is Cn1ncc(-c2nc(-c3ccncc3)no2)c1COc1ccc(C(F)(F)F)cc1. The second kappa shape index (κ2) is 7.38. The minimum Gasteiger partial charge on any atom is -0.487 e. The number of aryl methyl sites for hydroxylation is 1. The zero-order chi connectivity index (χ0) is 20.4. The van der Waals surface area contributed by atoms with E-state index in [0.717, 1.165) is 17.7 Å². The number of ether oxygens (including phenoxy) is 1. The first-order valence-corrected chi connectivity index (χ1v) is 8.47. The monoisotopic (exact) mass is 401 g/mol. The third kappa shape index (κ3) is 3.96. The molecular formula is C19H14F3N5O2. The van der Waals surface area contributed by atoms with Crippen LogP contribution in [0.5, 0.6) is 5.75 Å². The Morgan fingerprint density at radius 3 is 2.48 bits per heavy atom. The minimum absolute atomic E-state index is 0.0597.